The minimum Gasteiger partial charge on any atom is -0.507 e. The Morgan fingerprint density at radius 2 is 2.00 bits per heavy atom. The highest BCUT2D eigenvalue weighted by Gasteiger charge is 2.48. The molecule has 1 aliphatic heterocycles. The molecule has 1 aliphatic rings. The summed E-state index contributed by atoms with van der Waals surface area (Å²) in [5, 5.41) is 11.3. The third-order valence-electron chi connectivity index (χ3n) is 5.85. The van der Waals surface area contributed by atoms with E-state index in [4.69, 9.17) is 9.47 Å². The molecule has 1 atom stereocenters. The predicted molar refractivity (Wildman–Crippen MR) is 143 cm³/mol. The van der Waals surface area contributed by atoms with Gasteiger partial charge < -0.3 is 14.6 Å². The van der Waals surface area contributed by atoms with Gasteiger partial charge >= 0.3 is 11.9 Å². The van der Waals surface area contributed by atoms with Crippen LogP contribution in [0.1, 0.15) is 52.3 Å². The molecule has 0 saturated carbocycles. The van der Waals surface area contributed by atoms with Gasteiger partial charge in [0.2, 0.25) is 0 Å². The fraction of sp³-hybridized carbons (Fsp3) is 0.250. The number of hydrogen-bond acceptors (Lipinski definition) is 9. The zero-order valence-corrected chi connectivity index (χ0v) is 21.9. The van der Waals surface area contributed by atoms with Gasteiger partial charge in [-0.05, 0) is 43.2 Å². The summed E-state index contributed by atoms with van der Waals surface area (Å²) < 4.78 is 11.0. The number of aromatic nitrogens is 2. The lowest BCUT2D eigenvalue weighted by Gasteiger charge is -2.23. The van der Waals surface area contributed by atoms with E-state index in [0.717, 1.165) is 24.2 Å². The Morgan fingerprint density at radius 3 is 2.71 bits per heavy atom. The van der Waals surface area contributed by atoms with Gasteiger partial charge in [0.15, 0.2) is 5.13 Å². The summed E-state index contributed by atoms with van der Waals surface area (Å²) in [6.07, 6.45) is 6.24. The van der Waals surface area contributed by atoms with Crippen molar-refractivity contribution in [2.75, 3.05) is 18.1 Å². The second kappa shape index (κ2) is 11.8. The Hall–Kier alpha value is -4.31. The smallest absolute Gasteiger partial charge is 0.350 e. The molecule has 1 saturated heterocycles. The van der Waals surface area contributed by atoms with E-state index in [1.165, 1.54) is 23.4 Å². The third kappa shape index (κ3) is 5.35. The Balaban J connectivity index is 1.85. The minimum atomic E-state index is -1.01. The summed E-state index contributed by atoms with van der Waals surface area (Å²) in [5.74, 6) is -2.13. The van der Waals surface area contributed by atoms with Gasteiger partial charge in [0.25, 0.3) is 5.78 Å². The topological polar surface area (TPSA) is 119 Å². The molecule has 1 amide bonds. The molecule has 0 aliphatic carbocycles. The summed E-state index contributed by atoms with van der Waals surface area (Å²) in [5.41, 5.74) is 1.13. The van der Waals surface area contributed by atoms with E-state index in [2.05, 4.69) is 23.5 Å². The summed E-state index contributed by atoms with van der Waals surface area (Å²) in [6.45, 7) is 7.75. The van der Waals surface area contributed by atoms with Gasteiger partial charge in [0.1, 0.15) is 23.0 Å². The number of pyridine rings is 1. The van der Waals surface area contributed by atoms with Crippen LogP contribution >= 0.6 is 11.3 Å². The highest BCUT2D eigenvalue weighted by molar-refractivity contribution is 7.17. The van der Waals surface area contributed by atoms with Gasteiger partial charge in [0.05, 0.1) is 23.9 Å². The van der Waals surface area contributed by atoms with Crippen LogP contribution in [0.3, 0.4) is 0 Å². The lowest BCUT2D eigenvalue weighted by Crippen LogP contribution is -2.29. The van der Waals surface area contributed by atoms with Crippen LogP contribution in [-0.2, 0) is 14.3 Å². The van der Waals surface area contributed by atoms with E-state index < -0.39 is 23.7 Å². The van der Waals surface area contributed by atoms with Gasteiger partial charge in [-0.15, -0.1) is 0 Å². The molecule has 3 heterocycles. The number of hydrogen-bond donors (Lipinski definition) is 1. The Morgan fingerprint density at radius 1 is 1.24 bits per heavy atom. The number of nitrogens with zero attached hydrogens (tertiary/aromatic N) is 3. The summed E-state index contributed by atoms with van der Waals surface area (Å²) >= 11 is 0.938. The molecule has 1 aromatic carbocycles. The molecule has 10 heteroatoms. The largest absolute Gasteiger partial charge is 0.507 e. The van der Waals surface area contributed by atoms with E-state index >= 15 is 0 Å². The number of anilines is 1. The van der Waals surface area contributed by atoms with E-state index in [1.807, 2.05) is 0 Å². The number of thiazole rings is 1. The number of carbonyl (C=O) groups is 3. The van der Waals surface area contributed by atoms with E-state index in [1.54, 1.807) is 43.3 Å². The van der Waals surface area contributed by atoms with Crippen LogP contribution in [0.5, 0.6) is 5.75 Å². The standard InChI is InChI=1S/C28H27N3O6S/c1-4-6-15-36-20-9-7-8-19(16-20)22-21(23(32)18-10-12-29-13-11-18)24(33)26(34)31(22)28-30-17(3)25(38-28)27(35)37-14-5-2/h5,7-13,16,22,32H,2,4,6,14-15H2,1,3H3. The van der Waals surface area contributed by atoms with Crippen molar-refractivity contribution in [3.8, 4) is 5.75 Å². The fourth-order valence-electron chi connectivity index (χ4n) is 3.99. The quantitative estimate of drug-likeness (QED) is 0.0966. The highest BCUT2D eigenvalue weighted by atomic mass is 32.1. The Kier molecular flexibility index (Phi) is 8.32. The number of ether oxygens (including phenoxy) is 2. The molecule has 9 nitrogen and oxygen atoms in total. The zero-order chi connectivity index (χ0) is 27.2. The number of aliphatic hydroxyl groups is 1. The molecular weight excluding hydrogens is 506 g/mol. The van der Waals surface area contributed by atoms with Crippen LogP contribution in [-0.4, -0.2) is 45.9 Å². The van der Waals surface area contributed by atoms with E-state index in [0.29, 0.717) is 29.2 Å². The van der Waals surface area contributed by atoms with Crippen molar-refractivity contribution in [3.63, 3.8) is 0 Å². The van der Waals surface area contributed by atoms with Crippen LogP contribution in [0.15, 0.2) is 67.0 Å². The summed E-state index contributed by atoms with van der Waals surface area (Å²) in [7, 11) is 0. The van der Waals surface area contributed by atoms with E-state index in [9.17, 15) is 19.5 Å². The van der Waals surface area contributed by atoms with Crippen LogP contribution in [0.25, 0.3) is 5.76 Å². The Bertz CT molecular complexity index is 1400. The molecule has 1 fully saturated rings. The molecule has 0 bridgehead atoms. The van der Waals surface area contributed by atoms with Gasteiger partial charge in [-0.3, -0.25) is 19.5 Å². The molecule has 1 N–H and O–H groups in total. The number of unbranched alkanes of at least 4 members (excludes halogenated alkanes) is 1. The van der Waals surface area contributed by atoms with Crippen molar-refractivity contribution >= 4 is 39.9 Å². The van der Waals surface area contributed by atoms with Crippen molar-refractivity contribution in [2.24, 2.45) is 0 Å². The fourth-order valence-corrected chi connectivity index (χ4v) is 4.98. The number of rotatable bonds is 10. The van der Waals surface area contributed by atoms with Crippen LogP contribution < -0.4 is 9.64 Å². The van der Waals surface area contributed by atoms with Crippen LogP contribution in [0, 0.1) is 6.92 Å². The number of amides is 1. The normalized spacial score (nSPS) is 16.5. The molecule has 3 aromatic rings. The molecule has 4 rings (SSSR count). The SMILES string of the molecule is C=CCOC(=O)c1sc(N2C(=O)C(=O)C(=C(O)c3ccncc3)C2c2cccc(OCCCC)c2)nc1C. The molecule has 2 aromatic heterocycles. The minimum absolute atomic E-state index is 0.0206. The zero-order valence-electron chi connectivity index (χ0n) is 21.0. The molecule has 196 valence electrons. The van der Waals surface area contributed by atoms with Gasteiger partial charge in [-0.25, -0.2) is 9.78 Å². The predicted octanol–water partition coefficient (Wildman–Crippen LogP) is 4.99. The van der Waals surface area contributed by atoms with Gasteiger partial charge in [-0.1, -0.05) is 49.5 Å². The lowest BCUT2D eigenvalue weighted by molar-refractivity contribution is -0.132. The lowest BCUT2D eigenvalue weighted by atomic mass is 9.95. The van der Waals surface area contributed by atoms with Crippen LogP contribution in [0.4, 0.5) is 5.13 Å². The number of carbonyl (C=O) groups excluding carboxylic acids is 3. The van der Waals surface area contributed by atoms with Crippen molar-refractivity contribution in [3.05, 3.63) is 88.7 Å². The Labute approximate surface area is 224 Å². The molecule has 38 heavy (non-hydrogen) atoms. The highest BCUT2D eigenvalue weighted by Crippen LogP contribution is 2.44. The summed E-state index contributed by atoms with van der Waals surface area (Å²) in [4.78, 5) is 49.1. The third-order valence-corrected chi connectivity index (χ3v) is 6.98. The summed E-state index contributed by atoms with van der Waals surface area (Å²) in [6, 6.07) is 9.11. The molecular formula is C28H27N3O6S. The van der Waals surface area contributed by atoms with Crippen molar-refractivity contribution in [2.45, 2.75) is 32.7 Å². The number of Topliss-reactive ketones (excluding diaryl/α,β-unsaturated/α-hetero) is 1. The molecule has 0 spiro atoms. The maximum absolute atomic E-state index is 13.4. The first-order valence-corrected chi connectivity index (χ1v) is 12.9. The van der Waals surface area contributed by atoms with Gasteiger partial charge in [0, 0.05) is 18.0 Å². The monoisotopic (exact) mass is 533 g/mol. The number of esters is 1. The second-order valence-corrected chi connectivity index (χ2v) is 9.46. The average molecular weight is 534 g/mol. The molecule has 0 radical (unpaired) electrons. The average Bonchev–Trinajstić information content (AvgIpc) is 3.44. The maximum Gasteiger partial charge on any atom is 0.350 e. The maximum atomic E-state index is 13.4. The van der Waals surface area contributed by atoms with Crippen molar-refractivity contribution < 1.29 is 29.0 Å². The molecule has 1 unspecified atom stereocenters. The first kappa shape index (κ1) is 26.7. The van der Waals surface area contributed by atoms with Gasteiger partial charge in [-0.2, -0.15) is 0 Å². The number of ketones is 1. The number of aliphatic hydroxyl groups excluding tert-OH is 1. The van der Waals surface area contributed by atoms with Crippen molar-refractivity contribution in [1.29, 1.82) is 0 Å². The first-order chi connectivity index (χ1) is 18.4. The first-order valence-electron chi connectivity index (χ1n) is 12.1. The van der Waals surface area contributed by atoms with Crippen molar-refractivity contribution in [1.82, 2.24) is 9.97 Å². The number of benzene rings is 1. The van der Waals surface area contributed by atoms with Crippen LogP contribution in [0.2, 0.25) is 0 Å². The van der Waals surface area contributed by atoms with E-state index in [-0.39, 0.29) is 27.9 Å². The second-order valence-electron chi connectivity index (χ2n) is 8.48. The number of aryl methyl sites for hydroxylation is 1.